The lowest BCUT2D eigenvalue weighted by Crippen LogP contribution is -2.58. The largest absolute Gasteiger partial charge is 0.341 e. The Morgan fingerprint density at radius 1 is 1.59 bits per heavy atom. The molecular weight excluding hydrogens is 212 g/mol. The van der Waals surface area contributed by atoms with Crippen molar-refractivity contribution in [3.63, 3.8) is 0 Å². The fraction of sp³-hybridized carbons (Fsp3) is 0.786. The third-order valence-electron chi connectivity index (χ3n) is 3.62. The Morgan fingerprint density at radius 2 is 2.24 bits per heavy atom. The summed E-state index contributed by atoms with van der Waals surface area (Å²) >= 11 is 0. The minimum absolute atomic E-state index is 0.0827. The van der Waals surface area contributed by atoms with Crippen LogP contribution in [0.3, 0.4) is 0 Å². The minimum Gasteiger partial charge on any atom is -0.341 e. The van der Waals surface area contributed by atoms with E-state index < -0.39 is 5.54 Å². The fourth-order valence-corrected chi connectivity index (χ4v) is 2.48. The lowest BCUT2D eigenvalue weighted by Gasteiger charge is -2.36. The highest BCUT2D eigenvalue weighted by Gasteiger charge is 2.38. The Labute approximate surface area is 105 Å². The van der Waals surface area contributed by atoms with Crippen LogP contribution >= 0.6 is 0 Å². The molecule has 3 nitrogen and oxygen atoms in total. The molecule has 0 aromatic carbocycles. The van der Waals surface area contributed by atoms with Crippen LogP contribution in [0.1, 0.15) is 46.5 Å². The van der Waals surface area contributed by atoms with Crippen LogP contribution in [0.25, 0.3) is 0 Å². The molecule has 0 aromatic heterocycles. The van der Waals surface area contributed by atoms with Gasteiger partial charge in [0, 0.05) is 0 Å². The zero-order valence-corrected chi connectivity index (χ0v) is 11.1. The lowest BCUT2D eigenvalue weighted by molar-refractivity contribution is -0.128. The Bertz CT molecular complexity index is 319. The molecule has 96 valence electrons. The number of hydrogen-bond donors (Lipinski definition) is 2. The highest BCUT2D eigenvalue weighted by atomic mass is 16.2. The average molecular weight is 236 g/mol. The molecule has 3 heteroatoms. The van der Waals surface area contributed by atoms with Crippen molar-refractivity contribution in [2.45, 2.75) is 58.0 Å². The van der Waals surface area contributed by atoms with Crippen molar-refractivity contribution < 1.29 is 4.79 Å². The van der Waals surface area contributed by atoms with E-state index in [9.17, 15) is 4.79 Å². The summed E-state index contributed by atoms with van der Waals surface area (Å²) in [6.07, 6.45) is 9.12. The molecule has 1 rings (SSSR count). The monoisotopic (exact) mass is 236 g/mol. The summed E-state index contributed by atoms with van der Waals surface area (Å²) < 4.78 is 0. The van der Waals surface area contributed by atoms with Crippen LogP contribution in [0.15, 0.2) is 0 Å². The number of terminal acetylenes is 1. The van der Waals surface area contributed by atoms with E-state index in [2.05, 4.69) is 18.2 Å². The first-order valence-corrected chi connectivity index (χ1v) is 6.45. The van der Waals surface area contributed by atoms with Crippen LogP contribution in [0.5, 0.6) is 0 Å². The molecule has 1 aliphatic carbocycles. The van der Waals surface area contributed by atoms with Crippen LogP contribution in [0, 0.1) is 24.2 Å². The van der Waals surface area contributed by atoms with Crippen LogP contribution in [-0.4, -0.2) is 17.5 Å². The van der Waals surface area contributed by atoms with E-state index in [4.69, 9.17) is 12.2 Å². The van der Waals surface area contributed by atoms with E-state index in [1.807, 2.05) is 13.8 Å². The number of amides is 1. The van der Waals surface area contributed by atoms with E-state index in [-0.39, 0.29) is 17.9 Å². The summed E-state index contributed by atoms with van der Waals surface area (Å²) in [6, 6.07) is -0.222. The molecule has 1 aliphatic rings. The Balaban J connectivity index is 2.66. The third-order valence-corrected chi connectivity index (χ3v) is 3.62. The third kappa shape index (κ3) is 3.47. The summed E-state index contributed by atoms with van der Waals surface area (Å²) in [4.78, 5) is 12.2. The standard InChI is InChI=1S/C14H24N2O/c1-5-12(10(2)3)16-13(17)14(15)8-6-7-11(4)9-14/h1,10-12H,6-9,15H2,2-4H3,(H,16,17). The highest BCUT2D eigenvalue weighted by Crippen LogP contribution is 2.30. The van der Waals surface area contributed by atoms with Gasteiger partial charge in [-0.05, 0) is 24.7 Å². The molecule has 0 radical (unpaired) electrons. The molecule has 0 aliphatic heterocycles. The van der Waals surface area contributed by atoms with Crippen LogP contribution in [0.2, 0.25) is 0 Å². The molecule has 0 spiro atoms. The van der Waals surface area contributed by atoms with Crippen molar-refractivity contribution in [1.29, 1.82) is 0 Å². The predicted molar refractivity (Wildman–Crippen MR) is 70.2 cm³/mol. The number of rotatable bonds is 3. The molecule has 3 N–H and O–H groups in total. The van der Waals surface area contributed by atoms with Gasteiger partial charge in [-0.25, -0.2) is 0 Å². The number of carbonyl (C=O) groups excluding carboxylic acids is 1. The number of hydrogen-bond acceptors (Lipinski definition) is 2. The van der Waals surface area contributed by atoms with Gasteiger partial charge in [-0.3, -0.25) is 4.79 Å². The molecule has 17 heavy (non-hydrogen) atoms. The van der Waals surface area contributed by atoms with Crippen molar-refractivity contribution in [3.8, 4) is 12.3 Å². The molecule has 1 amide bonds. The molecule has 1 fully saturated rings. The van der Waals surface area contributed by atoms with Crippen molar-refractivity contribution in [3.05, 3.63) is 0 Å². The summed E-state index contributed by atoms with van der Waals surface area (Å²) in [6.45, 7) is 6.14. The van der Waals surface area contributed by atoms with Gasteiger partial charge in [0.25, 0.3) is 0 Å². The van der Waals surface area contributed by atoms with Crippen molar-refractivity contribution >= 4 is 5.91 Å². The van der Waals surface area contributed by atoms with E-state index in [0.29, 0.717) is 5.92 Å². The second-order valence-corrected chi connectivity index (χ2v) is 5.72. The summed E-state index contributed by atoms with van der Waals surface area (Å²) in [7, 11) is 0. The lowest BCUT2D eigenvalue weighted by atomic mass is 9.76. The molecule has 0 saturated heterocycles. The second kappa shape index (κ2) is 5.55. The molecule has 0 bridgehead atoms. The van der Waals surface area contributed by atoms with Gasteiger partial charge in [0.2, 0.25) is 5.91 Å². The van der Waals surface area contributed by atoms with E-state index >= 15 is 0 Å². The van der Waals surface area contributed by atoms with Gasteiger partial charge < -0.3 is 11.1 Å². The SMILES string of the molecule is C#CC(NC(=O)C1(N)CCCC(C)C1)C(C)C. The van der Waals surface area contributed by atoms with Gasteiger partial charge in [0.1, 0.15) is 0 Å². The molecular formula is C14H24N2O. The van der Waals surface area contributed by atoms with Crippen LogP contribution in [0.4, 0.5) is 0 Å². The Hall–Kier alpha value is -1.01. The zero-order chi connectivity index (χ0) is 13.1. The normalized spacial score (nSPS) is 30.7. The first kappa shape index (κ1) is 14.1. The number of nitrogens with one attached hydrogen (secondary N) is 1. The van der Waals surface area contributed by atoms with Gasteiger partial charge in [0.05, 0.1) is 11.6 Å². The van der Waals surface area contributed by atoms with Gasteiger partial charge >= 0.3 is 0 Å². The molecule has 0 aromatic rings. The van der Waals surface area contributed by atoms with Crippen molar-refractivity contribution in [2.75, 3.05) is 0 Å². The van der Waals surface area contributed by atoms with Crippen molar-refractivity contribution in [1.82, 2.24) is 5.32 Å². The van der Waals surface area contributed by atoms with Gasteiger partial charge in [-0.2, -0.15) is 0 Å². The van der Waals surface area contributed by atoms with Crippen molar-refractivity contribution in [2.24, 2.45) is 17.6 Å². The zero-order valence-electron chi connectivity index (χ0n) is 11.1. The second-order valence-electron chi connectivity index (χ2n) is 5.72. The smallest absolute Gasteiger partial charge is 0.241 e. The van der Waals surface area contributed by atoms with Gasteiger partial charge in [-0.1, -0.05) is 39.5 Å². The van der Waals surface area contributed by atoms with Gasteiger partial charge in [0.15, 0.2) is 0 Å². The maximum Gasteiger partial charge on any atom is 0.241 e. The topological polar surface area (TPSA) is 55.1 Å². The molecule has 1 saturated carbocycles. The average Bonchev–Trinajstić information content (AvgIpc) is 2.24. The summed E-state index contributed by atoms with van der Waals surface area (Å²) in [5.41, 5.74) is 5.49. The molecule has 3 atom stereocenters. The van der Waals surface area contributed by atoms with Gasteiger partial charge in [-0.15, -0.1) is 6.42 Å². The van der Waals surface area contributed by atoms with E-state index in [0.717, 1.165) is 25.7 Å². The summed E-state index contributed by atoms with van der Waals surface area (Å²) in [5.74, 6) is 3.28. The Morgan fingerprint density at radius 3 is 2.71 bits per heavy atom. The molecule has 3 unspecified atom stereocenters. The Kier molecular flexibility index (Phi) is 4.59. The highest BCUT2D eigenvalue weighted by molar-refractivity contribution is 5.86. The quantitative estimate of drug-likeness (QED) is 0.732. The van der Waals surface area contributed by atoms with E-state index in [1.165, 1.54) is 0 Å². The number of carbonyl (C=O) groups is 1. The van der Waals surface area contributed by atoms with Crippen LogP contribution < -0.4 is 11.1 Å². The maximum absolute atomic E-state index is 12.2. The molecule has 0 heterocycles. The number of nitrogens with two attached hydrogens (primary N) is 1. The maximum atomic E-state index is 12.2. The first-order valence-electron chi connectivity index (χ1n) is 6.45. The van der Waals surface area contributed by atoms with E-state index in [1.54, 1.807) is 0 Å². The minimum atomic E-state index is -0.721. The predicted octanol–water partition coefficient (Wildman–Crippen LogP) is 1.67. The first-order chi connectivity index (χ1) is 7.89. The fourth-order valence-electron chi connectivity index (χ4n) is 2.48. The van der Waals surface area contributed by atoms with Crippen LogP contribution in [-0.2, 0) is 4.79 Å². The summed E-state index contributed by atoms with van der Waals surface area (Å²) in [5, 5.41) is 2.90.